The van der Waals surface area contributed by atoms with Crippen LogP contribution in [-0.4, -0.2) is 46.1 Å². The number of hydrazone groups is 1. The summed E-state index contributed by atoms with van der Waals surface area (Å²) in [5, 5.41) is 14.3. The quantitative estimate of drug-likeness (QED) is 0.817. The van der Waals surface area contributed by atoms with Gasteiger partial charge in [-0.1, -0.05) is 25.0 Å². The number of hydrogen-bond donors (Lipinski definition) is 2. The number of ether oxygens (including phenoxy) is 1. The molecule has 156 valence electrons. The third kappa shape index (κ3) is 3.14. The normalized spacial score (nSPS) is 25.3. The number of methoxy groups -OCH3 is 1. The third-order valence-electron chi connectivity index (χ3n) is 6.41. The maximum Gasteiger partial charge on any atom is 0.231 e. The SMILES string of the molecule is COc1ccc(CN2C(=O)C3CCCCC3N3C(c4ccc(O)cc4)=NNC23)cc1. The largest absolute Gasteiger partial charge is 0.508 e. The van der Waals surface area contributed by atoms with E-state index < -0.39 is 0 Å². The van der Waals surface area contributed by atoms with Crippen molar-refractivity contribution in [3.63, 3.8) is 0 Å². The van der Waals surface area contributed by atoms with Crippen molar-refractivity contribution in [2.24, 2.45) is 11.0 Å². The number of amides is 1. The van der Waals surface area contributed by atoms with Gasteiger partial charge >= 0.3 is 0 Å². The Morgan fingerprint density at radius 2 is 1.83 bits per heavy atom. The zero-order valence-electron chi connectivity index (χ0n) is 17.0. The molecule has 0 radical (unpaired) electrons. The Bertz CT molecular complexity index is 957. The van der Waals surface area contributed by atoms with Gasteiger partial charge in [0, 0.05) is 18.2 Å². The summed E-state index contributed by atoms with van der Waals surface area (Å²) in [6.07, 6.45) is 3.80. The van der Waals surface area contributed by atoms with Crippen molar-refractivity contribution in [3.8, 4) is 11.5 Å². The molecule has 30 heavy (non-hydrogen) atoms. The minimum atomic E-state index is -0.303. The minimum Gasteiger partial charge on any atom is -0.508 e. The molecule has 7 heteroatoms. The molecular weight excluding hydrogens is 380 g/mol. The lowest BCUT2D eigenvalue weighted by molar-refractivity contribution is -0.156. The van der Waals surface area contributed by atoms with Crippen LogP contribution in [0.3, 0.4) is 0 Å². The topological polar surface area (TPSA) is 77.4 Å². The summed E-state index contributed by atoms with van der Waals surface area (Å²) in [5.41, 5.74) is 5.20. The molecule has 7 nitrogen and oxygen atoms in total. The summed E-state index contributed by atoms with van der Waals surface area (Å²) in [7, 11) is 1.65. The number of phenols is 1. The van der Waals surface area contributed by atoms with Gasteiger partial charge in [0.1, 0.15) is 11.5 Å². The van der Waals surface area contributed by atoms with Crippen LogP contribution in [0, 0.1) is 5.92 Å². The molecule has 1 saturated heterocycles. The number of hydrogen-bond acceptors (Lipinski definition) is 6. The first kappa shape index (κ1) is 18.8. The van der Waals surface area contributed by atoms with Gasteiger partial charge in [-0.05, 0) is 54.8 Å². The lowest BCUT2D eigenvalue weighted by Gasteiger charge is -2.50. The van der Waals surface area contributed by atoms with Crippen LogP contribution in [0.4, 0.5) is 0 Å². The lowest BCUT2D eigenvalue weighted by Crippen LogP contribution is -2.67. The highest BCUT2D eigenvalue weighted by atomic mass is 16.5. The van der Waals surface area contributed by atoms with E-state index in [4.69, 9.17) is 4.74 Å². The second-order valence-corrected chi connectivity index (χ2v) is 8.16. The number of fused-ring (bicyclic) bond motifs is 3. The molecule has 2 heterocycles. The Morgan fingerprint density at radius 1 is 1.10 bits per heavy atom. The number of rotatable bonds is 4. The van der Waals surface area contributed by atoms with Gasteiger partial charge in [0.25, 0.3) is 0 Å². The molecule has 2 aromatic rings. The average Bonchev–Trinajstić information content (AvgIpc) is 3.23. The van der Waals surface area contributed by atoms with Crippen molar-refractivity contribution >= 4 is 11.7 Å². The van der Waals surface area contributed by atoms with Crippen LogP contribution in [-0.2, 0) is 11.3 Å². The fourth-order valence-electron chi connectivity index (χ4n) is 4.89. The number of carbonyl (C=O) groups excluding carboxylic acids is 1. The Morgan fingerprint density at radius 3 is 2.57 bits per heavy atom. The summed E-state index contributed by atoms with van der Waals surface area (Å²) in [6, 6.07) is 15.1. The molecule has 0 spiro atoms. The van der Waals surface area contributed by atoms with Crippen LogP contribution >= 0.6 is 0 Å². The highest BCUT2D eigenvalue weighted by molar-refractivity contribution is 6.01. The first-order valence-electron chi connectivity index (χ1n) is 10.5. The van der Waals surface area contributed by atoms with E-state index in [9.17, 15) is 9.90 Å². The third-order valence-corrected chi connectivity index (χ3v) is 6.41. The van der Waals surface area contributed by atoms with Gasteiger partial charge in [-0.25, -0.2) is 0 Å². The van der Waals surface area contributed by atoms with E-state index in [2.05, 4.69) is 15.4 Å². The number of amidine groups is 1. The van der Waals surface area contributed by atoms with E-state index in [1.807, 2.05) is 41.3 Å². The van der Waals surface area contributed by atoms with Crippen LogP contribution in [0.15, 0.2) is 53.6 Å². The van der Waals surface area contributed by atoms with E-state index >= 15 is 0 Å². The number of nitrogens with one attached hydrogen (secondary N) is 1. The van der Waals surface area contributed by atoms with E-state index in [0.29, 0.717) is 6.54 Å². The smallest absolute Gasteiger partial charge is 0.231 e. The van der Waals surface area contributed by atoms with Gasteiger partial charge in [-0.3, -0.25) is 15.1 Å². The van der Waals surface area contributed by atoms with Crippen LogP contribution in [0.2, 0.25) is 0 Å². The fourth-order valence-corrected chi connectivity index (χ4v) is 4.89. The zero-order valence-corrected chi connectivity index (χ0v) is 17.0. The molecule has 1 saturated carbocycles. The second-order valence-electron chi connectivity index (χ2n) is 8.16. The summed E-state index contributed by atoms with van der Waals surface area (Å²) in [4.78, 5) is 17.7. The van der Waals surface area contributed by atoms with Gasteiger partial charge < -0.3 is 14.7 Å². The predicted molar refractivity (Wildman–Crippen MR) is 113 cm³/mol. The first-order valence-corrected chi connectivity index (χ1v) is 10.5. The van der Waals surface area contributed by atoms with E-state index in [-0.39, 0.29) is 29.9 Å². The molecule has 2 aliphatic heterocycles. The molecule has 5 rings (SSSR count). The molecule has 2 aromatic carbocycles. The summed E-state index contributed by atoms with van der Waals surface area (Å²) in [5.74, 6) is 2.05. The highest BCUT2D eigenvalue weighted by Crippen LogP contribution is 2.38. The van der Waals surface area contributed by atoms with Crippen molar-refractivity contribution in [1.82, 2.24) is 15.2 Å². The van der Waals surface area contributed by atoms with Gasteiger partial charge in [0.2, 0.25) is 5.91 Å². The average molecular weight is 406 g/mol. The van der Waals surface area contributed by atoms with E-state index in [0.717, 1.165) is 48.4 Å². The van der Waals surface area contributed by atoms with E-state index in [1.54, 1.807) is 19.2 Å². The molecule has 1 amide bonds. The Kier molecular flexibility index (Phi) is 4.73. The highest BCUT2D eigenvalue weighted by Gasteiger charge is 2.50. The molecule has 2 N–H and O–H groups in total. The molecule has 3 atom stereocenters. The number of benzene rings is 2. The molecule has 3 aliphatic rings. The number of nitrogens with zero attached hydrogens (tertiary/aromatic N) is 3. The minimum absolute atomic E-state index is 0.0181. The summed E-state index contributed by atoms with van der Waals surface area (Å²) in [6.45, 7) is 0.512. The van der Waals surface area contributed by atoms with Crippen LogP contribution in [0.25, 0.3) is 0 Å². The van der Waals surface area contributed by atoms with Gasteiger partial charge in [0.05, 0.1) is 13.0 Å². The fraction of sp³-hybridized carbons (Fsp3) is 0.391. The zero-order chi connectivity index (χ0) is 20.7. The Labute approximate surface area is 175 Å². The van der Waals surface area contributed by atoms with Gasteiger partial charge in [0.15, 0.2) is 12.1 Å². The maximum atomic E-state index is 13.5. The molecular formula is C23H26N4O3. The van der Waals surface area contributed by atoms with Crippen LogP contribution < -0.4 is 10.2 Å². The number of carbonyl (C=O) groups is 1. The van der Waals surface area contributed by atoms with Crippen molar-refractivity contribution in [2.45, 2.75) is 44.6 Å². The Hall–Kier alpha value is -3.22. The number of phenolic OH excluding ortho intramolecular Hbond substituents is 1. The van der Waals surface area contributed by atoms with Crippen LogP contribution in [0.1, 0.15) is 36.8 Å². The van der Waals surface area contributed by atoms with Crippen LogP contribution in [0.5, 0.6) is 11.5 Å². The molecule has 0 aromatic heterocycles. The van der Waals surface area contributed by atoms with Crippen molar-refractivity contribution in [1.29, 1.82) is 0 Å². The van der Waals surface area contributed by atoms with Crippen molar-refractivity contribution < 1.29 is 14.6 Å². The number of aromatic hydroxyl groups is 1. The molecule has 3 unspecified atom stereocenters. The predicted octanol–water partition coefficient (Wildman–Crippen LogP) is 2.85. The monoisotopic (exact) mass is 406 g/mol. The van der Waals surface area contributed by atoms with E-state index in [1.165, 1.54) is 0 Å². The van der Waals surface area contributed by atoms with Gasteiger partial charge in [-0.2, -0.15) is 5.10 Å². The molecule has 0 bridgehead atoms. The van der Waals surface area contributed by atoms with Crippen molar-refractivity contribution in [3.05, 3.63) is 59.7 Å². The van der Waals surface area contributed by atoms with Crippen molar-refractivity contribution in [2.75, 3.05) is 7.11 Å². The Balaban J connectivity index is 1.47. The summed E-state index contributed by atoms with van der Waals surface area (Å²) >= 11 is 0. The second kappa shape index (κ2) is 7.55. The lowest BCUT2D eigenvalue weighted by atomic mass is 9.80. The molecule has 1 aliphatic carbocycles. The maximum absolute atomic E-state index is 13.5. The summed E-state index contributed by atoms with van der Waals surface area (Å²) < 4.78 is 5.25. The molecule has 2 fully saturated rings. The first-order chi connectivity index (χ1) is 14.7. The standard InChI is InChI=1S/C23H26N4O3/c1-30-18-12-6-15(7-13-18)14-26-22(29)19-4-2-3-5-20(19)27-21(24-25-23(26)27)16-8-10-17(28)11-9-16/h6-13,19-20,23,25,28H,2-5,14H2,1H3. The van der Waals surface area contributed by atoms with Gasteiger partial charge in [-0.15, -0.1) is 0 Å².